The molecule has 1 amide bonds. The van der Waals surface area contributed by atoms with Crippen molar-refractivity contribution in [3.05, 3.63) is 42.4 Å². The second-order valence-electron chi connectivity index (χ2n) is 8.54. The predicted octanol–water partition coefficient (Wildman–Crippen LogP) is 2.67. The number of piperazine rings is 1. The molecule has 1 aromatic heterocycles. The Labute approximate surface area is 185 Å². The van der Waals surface area contributed by atoms with E-state index in [4.69, 9.17) is 5.73 Å². The van der Waals surface area contributed by atoms with Crippen LogP contribution in [0.1, 0.15) is 40.5 Å². The Bertz CT molecular complexity index is 862. The molecule has 0 spiro atoms. The predicted molar refractivity (Wildman–Crippen MR) is 127 cm³/mol. The highest BCUT2D eigenvalue weighted by molar-refractivity contribution is 5.94. The summed E-state index contributed by atoms with van der Waals surface area (Å²) >= 11 is 0. The van der Waals surface area contributed by atoms with Gasteiger partial charge in [-0.25, -0.2) is 9.98 Å². The third kappa shape index (κ3) is 4.74. The Morgan fingerprint density at radius 3 is 2.61 bits per heavy atom. The van der Waals surface area contributed by atoms with Gasteiger partial charge in [-0.1, -0.05) is 20.4 Å². The maximum Gasteiger partial charge on any atom is 0.237 e. The summed E-state index contributed by atoms with van der Waals surface area (Å²) < 4.78 is 0. The summed E-state index contributed by atoms with van der Waals surface area (Å²) in [4.78, 5) is 25.9. The van der Waals surface area contributed by atoms with E-state index in [1.165, 1.54) is 0 Å². The van der Waals surface area contributed by atoms with Crippen molar-refractivity contribution in [3.8, 4) is 0 Å². The fourth-order valence-electron chi connectivity index (χ4n) is 4.17. The first-order valence-corrected chi connectivity index (χ1v) is 11.0. The Morgan fingerprint density at radius 2 is 2.03 bits per heavy atom. The molecule has 0 saturated carbocycles. The van der Waals surface area contributed by atoms with Crippen molar-refractivity contribution in [2.24, 2.45) is 16.1 Å². The van der Waals surface area contributed by atoms with Crippen molar-refractivity contribution in [2.75, 3.05) is 36.4 Å². The smallest absolute Gasteiger partial charge is 0.237 e. The average molecular weight is 426 g/mol. The average Bonchev–Trinajstić information content (AvgIpc) is 2.93. The van der Waals surface area contributed by atoms with E-state index >= 15 is 0 Å². The Balaban J connectivity index is 1.72. The number of aliphatic imine (C=N–C) groups is 1. The number of nitrogens with one attached hydrogen (secondary N) is 2. The SMILES string of the molecule is C=C1/C(=C\N=C(/N)Nc2ccc(N3CCNCC3)cn2)C(C)(C)C(=O)N1C(CC)CC. The van der Waals surface area contributed by atoms with Gasteiger partial charge in [-0.05, 0) is 38.8 Å². The topological polar surface area (TPSA) is 98.9 Å². The number of aromatic nitrogens is 1. The van der Waals surface area contributed by atoms with E-state index in [1.54, 1.807) is 6.20 Å². The molecule has 3 heterocycles. The zero-order valence-electron chi connectivity index (χ0n) is 19.1. The summed E-state index contributed by atoms with van der Waals surface area (Å²) in [5.74, 6) is 0.897. The number of hydrogen-bond donors (Lipinski definition) is 3. The minimum Gasteiger partial charge on any atom is -0.369 e. The number of nitrogens with two attached hydrogens (primary N) is 1. The molecule has 8 nitrogen and oxygen atoms in total. The largest absolute Gasteiger partial charge is 0.369 e. The van der Waals surface area contributed by atoms with Gasteiger partial charge in [-0.3, -0.25) is 4.79 Å². The molecule has 2 aliphatic rings. The molecule has 2 fully saturated rings. The highest BCUT2D eigenvalue weighted by Crippen LogP contribution is 2.44. The van der Waals surface area contributed by atoms with Crippen LogP contribution in [0.3, 0.4) is 0 Å². The number of carbonyl (C=O) groups is 1. The summed E-state index contributed by atoms with van der Waals surface area (Å²) in [5.41, 5.74) is 7.99. The molecule has 0 bridgehead atoms. The van der Waals surface area contributed by atoms with E-state index in [-0.39, 0.29) is 17.9 Å². The summed E-state index contributed by atoms with van der Waals surface area (Å²) in [6, 6.07) is 4.06. The number of carbonyl (C=O) groups excluding carboxylic acids is 1. The molecular formula is C23H35N7O. The maximum absolute atomic E-state index is 13.0. The fourth-order valence-corrected chi connectivity index (χ4v) is 4.17. The number of allylic oxidation sites excluding steroid dienone is 1. The maximum atomic E-state index is 13.0. The molecule has 0 unspecified atom stereocenters. The van der Waals surface area contributed by atoms with Crippen molar-refractivity contribution in [1.82, 2.24) is 15.2 Å². The van der Waals surface area contributed by atoms with Crippen molar-refractivity contribution in [3.63, 3.8) is 0 Å². The molecular weight excluding hydrogens is 390 g/mol. The second-order valence-corrected chi connectivity index (χ2v) is 8.54. The van der Waals surface area contributed by atoms with Crippen LogP contribution in [0.5, 0.6) is 0 Å². The van der Waals surface area contributed by atoms with E-state index in [1.807, 2.05) is 37.1 Å². The lowest BCUT2D eigenvalue weighted by molar-refractivity contribution is -0.135. The molecule has 0 aromatic carbocycles. The van der Waals surface area contributed by atoms with E-state index in [2.05, 4.69) is 45.9 Å². The van der Waals surface area contributed by atoms with E-state index in [0.29, 0.717) is 11.5 Å². The van der Waals surface area contributed by atoms with Gasteiger partial charge in [0.15, 0.2) is 5.96 Å². The van der Waals surface area contributed by atoms with Crippen LogP contribution >= 0.6 is 0 Å². The standard InChI is InChI=1S/C23H35N7O/c1-6-17(7-2)30-16(3)19(23(4,5)21(30)31)15-27-22(24)28-20-9-8-18(14-26-20)29-12-10-25-11-13-29/h8-9,14-15,17,25H,3,6-7,10-13H2,1-2,4-5H3,(H3,24,26,27,28)/b19-15+. The first-order valence-electron chi connectivity index (χ1n) is 11.0. The first-order chi connectivity index (χ1) is 14.8. The number of anilines is 2. The summed E-state index contributed by atoms with van der Waals surface area (Å²) in [7, 11) is 0. The fraction of sp³-hybridized carbons (Fsp3) is 0.522. The van der Waals surface area contributed by atoms with Crippen LogP contribution in [0.15, 0.2) is 47.4 Å². The normalized spacial score (nSPS) is 20.8. The van der Waals surface area contributed by atoms with Gasteiger partial charge in [0.2, 0.25) is 5.91 Å². The molecule has 168 valence electrons. The van der Waals surface area contributed by atoms with Gasteiger partial charge in [-0.2, -0.15) is 0 Å². The molecule has 0 radical (unpaired) electrons. The zero-order chi connectivity index (χ0) is 22.6. The quantitative estimate of drug-likeness (QED) is 0.479. The highest BCUT2D eigenvalue weighted by atomic mass is 16.2. The van der Waals surface area contributed by atoms with Crippen LogP contribution in [-0.2, 0) is 4.79 Å². The van der Waals surface area contributed by atoms with Crippen molar-refractivity contribution < 1.29 is 4.79 Å². The third-order valence-corrected chi connectivity index (χ3v) is 6.16. The van der Waals surface area contributed by atoms with Crippen LogP contribution in [0.2, 0.25) is 0 Å². The number of rotatable bonds is 6. The number of likely N-dealkylation sites (tertiary alicyclic amines) is 1. The van der Waals surface area contributed by atoms with Gasteiger partial charge in [0.1, 0.15) is 5.82 Å². The van der Waals surface area contributed by atoms with Crippen LogP contribution in [0, 0.1) is 5.41 Å². The van der Waals surface area contributed by atoms with Crippen molar-refractivity contribution in [1.29, 1.82) is 0 Å². The van der Waals surface area contributed by atoms with Gasteiger partial charge < -0.3 is 26.2 Å². The van der Waals surface area contributed by atoms with Crippen LogP contribution in [0.4, 0.5) is 11.5 Å². The summed E-state index contributed by atoms with van der Waals surface area (Å²) in [6.45, 7) is 16.1. The van der Waals surface area contributed by atoms with E-state index in [0.717, 1.165) is 50.3 Å². The third-order valence-electron chi connectivity index (χ3n) is 6.16. The zero-order valence-corrected chi connectivity index (χ0v) is 19.1. The number of guanidine groups is 1. The minimum absolute atomic E-state index is 0.0596. The Morgan fingerprint density at radius 1 is 1.35 bits per heavy atom. The molecule has 2 aliphatic heterocycles. The molecule has 1 aromatic rings. The van der Waals surface area contributed by atoms with Crippen molar-refractivity contribution >= 4 is 23.4 Å². The molecule has 0 aliphatic carbocycles. The summed E-state index contributed by atoms with van der Waals surface area (Å²) in [6.07, 6.45) is 5.26. The molecule has 4 N–H and O–H groups in total. The first kappa shape index (κ1) is 22.8. The number of hydrogen-bond acceptors (Lipinski definition) is 5. The Hall–Kier alpha value is -2.87. The van der Waals surface area contributed by atoms with Gasteiger partial charge in [0.05, 0.1) is 17.3 Å². The van der Waals surface area contributed by atoms with Crippen LogP contribution < -0.4 is 21.3 Å². The molecule has 2 saturated heterocycles. The monoisotopic (exact) mass is 425 g/mol. The lowest BCUT2D eigenvalue weighted by atomic mass is 9.86. The highest BCUT2D eigenvalue weighted by Gasteiger charge is 2.47. The van der Waals surface area contributed by atoms with Gasteiger partial charge in [0, 0.05) is 49.7 Å². The van der Waals surface area contributed by atoms with Crippen LogP contribution in [-0.4, -0.2) is 54.0 Å². The molecule has 31 heavy (non-hydrogen) atoms. The van der Waals surface area contributed by atoms with Crippen molar-refractivity contribution in [2.45, 2.75) is 46.6 Å². The Kier molecular flexibility index (Phi) is 7.00. The van der Waals surface area contributed by atoms with Crippen LogP contribution in [0.25, 0.3) is 0 Å². The number of nitrogens with zero attached hydrogens (tertiary/aromatic N) is 4. The lowest BCUT2D eigenvalue weighted by Gasteiger charge is -2.29. The summed E-state index contributed by atoms with van der Waals surface area (Å²) in [5, 5.41) is 6.36. The molecule has 3 rings (SSSR count). The molecule has 8 heteroatoms. The van der Waals surface area contributed by atoms with Gasteiger partial charge >= 0.3 is 0 Å². The van der Waals surface area contributed by atoms with E-state index in [9.17, 15) is 4.79 Å². The van der Waals surface area contributed by atoms with E-state index < -0.39 is 5.41 Å². The lowest BCUT2D eigenvalue weighted by Crippen LogP contribution is -2.43. The second kappa shape index (κ2) is 9.51. The number of amides is 1. The van der Waals surface area contributed by atoms with Gasteiger partial charge in [-0.15, -0.1) is 0 Å². The molecule has 0 atom stereocenters. The minimum atomic E-state index is -0.688. The number of pyridine rings is 1. The van der Waals surface area contributed by atoms with Gasteiger partial charge in [0.25, 0.3) is 0 Å².